The van der Waals surface area contributed by atoms with Gasteiger partial charge in [-0.1, -0.05) is 18.2 Å². The van der Waals surface area contributed by atoms with Crippen molar-refractivity contribution in [3.63, 3.8) is 0 Å². The Hall–Kier alpha value is -3.70. The van der Waals surface area contributed by atoms with Crippen molar-refractivity contribution < 1.29 is 35.9 Å². The second kappa shape index (κ2) is 10.9. The van der Waals surface area contributed by atoms with Gasteiger partial charge in [0.1, 0.15) is 0 Å². The number of aryl methyl sites for hydroxylation is 1. The zero-order valence-electron chi connectivity index (χ0n) is 19.3. The standard InChI is InChI=1S/C25H23F3N2O5S/c1-16-3-12-21(15-22(16)24(32)35-2)36(33,34)29-14-13-17-4-10-20(11-5-17)30-23(31)18-6-8-19(9-7-18)25(26,27)28/h3-12,15,29H,13-14H2,1-2H3,(H,30,31). The summed E-state index contributed by atoms with van der Waals surface area (Å²) in [5.41, 5.74) is 1.20. The smallest absolute Gasteiger partial charge is 0.416 e. The van der Waals surface area contributed by atoms with E-state index in [0.717, 1.165) is 29.8 Å². The first kappa shape index (κ1) is 26.9. The molecule has 7 nitrogen and oxygen atoms in total. The molecule has 3 aromatic rings. The van der Waals surface area contributed by atoms with Crippen molar-refractivity contribution in [2.24, 2.45) is 0 Å². The number of hydrogen-bond acceptors (Lipinski definition) is 5. The highest BCUT2D eigenvalue weighted by molar-refractivity contribution is 7.89. The van der Waals surface area contributed by atoms with Gasteiger partial charge in [0.05, 0.1) is 23.1 Å². The van der Waals surface area contributed by atoms with E-state index in [1.807, 2.05) is 0 Å². The Morgan fingerprint density at radius 3 is 2.17 bits per heavy atom. The second-order valence-corrected chi connectivity index (χ2v) is 9.61. The molecule has 0 aliphatic rings. The third kappa shape index (κ3) is 6.70. The number of anilines is 1. The van der Waals surface area contributed by atoms with Crippen LogP contribution in [0.2, 0.25) is 0 Å². The Bertz CT molecular complexity index is 1350. The highest BCUT2D eigenvalue weighted by atomic mass is 32.2. The van der Waals surface area contributed by atoms with Crippen LogP contribution in [0.3, 0.4) is 0 Å². The molecule has 0 fully saturated rings. The van der Waals surface area contributed by atoms with E-state index in [1.165, 1.54) is 25.3 Å². The minimum Gasteiger partial charge on any atom is -0.465 e. The number of ether oxygens (including phenoxy) is 1. The molecular formula is C25H23F3N2O5S. The van der Waals surface area contributed by atoms with Gasteiger partial charge in [0.25, 0.3) is 5.91 Å². The third-order valence-electron chi connectivity index (χ3n) is 5.32. The van der Waals surface area contributed by atoms with Crippen molar-refractivity contribution in [3.8, 4) is 0 Å². The van der Waals surface area contributed by atoms with Gasteiger partial charge in [-0.05, 0) is 73.0 Å². The number of carbonyl (C=O) groups is 2. The lowest BCUT2D eigenvalue weighted by atomic mass is 10.1. The molecule has 0 spiro atoms. The number of sulfonamides is 1. The van der Waals surface area contributed by atoms with Crippen LogP contribution in [0.5, 0.6) is 0 Å². The van der Waals surface area contributed by atoms with E-state index >= 15 is 0 Å². The summed E-state index contributed by atoms with van der Waals surface area (Å²) in [6.07, 6.45) is -4.13. The van der Waals surface area contributed by atoms with Crippen LogP contribution < -0.4 is 10.0 Å². The van der Waals surface area contributed by atoms with Crippen molar-refractivity contribution >= 4 is 27.6 Å². The lowest BCUT2D eigenvalue weighted by Gasteiger charge is -2.10. The van der Waals surface area contributed by atoms with Gasteiger partial charge in [0, 0.05) is 17.8 Å². The Morgan fingerprint density at radius 1 is 0.944 bits per heavy atom. The number of hydrogen-bond donors (Lipinski definition) is 2. The highest BCUT2D eigenvalue weighted by Gasteiger charge is 2.30. The maximum absolute atomic E-state index is 12.7. The minimum absolute atomic E-state index is 0.0603. The fraction of sp³-hybridized carbons (Fsp3) is 0.200. The quantitative estimate of drug-likeness (QED) is 0.424. The summed E-state index contributed by atoms with van der Waals surface area (Å²) in [4.78, 5) is 24.1. The van der Waals surface area contributed by atoms with E-state index in [-0.39, 0.29) is 22.6 Å². The van der Waals surface area contributed by atoms with Crippen molar-refractivity contribution in [2.75, 3.05) is 19.0 Å². The topological polar surface area (TPSA) is 102 Å². The molecule has 2 N–H and O–H groups in total. The summed E-state index contributed by atoms with van der Waals surface area (Å²) in [5, 5.41) is 2.60. The van der Waals surface area contributed by atoms with Crippen LogP contribution in [0.15, 0.2) is 71.6 Å². The molecule has 0 aliphatic carbocycles. The first-order valence-electron chi connectivity index (χ1n) is 10.7. The Morgan fingerprint density at radius 2 is 1.58 bits per heavy atom. The Balaban J connectivity index is 1.57. The average molecular weight is 521 g/mol. The monoisotopic (exact) mass is 520 g/mol. The summed E-state index contributed by atoms with van der Waals surface area (Å²) in [7, 11) is -2.65. The Kier molecular flexibility index (Phi) is 8.16. The van der Waals surface area contributed by atoms with E-state index in [2.05, 4.69) is 14.8 Å². The number of rotatable bonds is 8. The number of amides is 1. The predicted molar refractivity (Wildman–Crippen MR) is 127 cm³/mol. The van der Waals surface area contributed by atoms with E-state index < -0.39 is 33.6 Å². The molecule has 0 unspecified atom stereocenters. The summed E-state index contributed by atoms with van der Waals surface area (Å²) in [6, 6.07) is 14.7. The molecule has 0 saturated heterocycles. The van der Waals surface area contributed by atoms with Crippen molar-refractivity contribution in [3.05, 3.63) is 94.5 Å². The SMILES string of the molecule is COC(=O)c1cc(S(=O)(=O)NCCc2ccc(NC(=O)c3ccc(C(F)(F)F)cc3)cc2)ccc1C. The average Bonchev–Trinajstić information content (AvgIpc) is 2.84. The summed E-state index contributed by atoms with van der Waals surface area (Å²) >= 11 is 0. The largest absolute Gasteiger partial charge is 0.465 e. The zero-order valence-corrected chi connectivity index (χ0v) is 20.2. The molecule has 3 rings (SSSR count). The zero-order chi connectivity index (χ0) is 26.5. The number of alkyl halides is 3. The highest BCUT2D eigenvalue weighted by Crippen LogP contribution is 2.29. The molecule has 0 radical (unpaired) electrons. The van der Waals surface area contributed by atoms with Gasteiger partial charge in [-0.25, -0.2) is 17.9 Å². The first-order valence-corrected chi connectivity index (χ1v) is 12.2. The number of methoxy groups -OCH3 is 1. The minimum atomic E-state index is -4.48. The van der Waals surface area contributed by atoms with Gasteiger partial charge in [-0.3, -0.25) is 4.79 Å². The third-order valence-corrected chi connectivity index (χ3v) is 6.78. The maximum Gasteiger partial charge on any atom is 0.416 e. The van der Waals surface area contributed by atoms with Crippen LogP contribution in [-0.2, 0) is 27.4 Å². The Labute approximate surface area is 206 Å². The summed E-state index contributed by atoms with van der Waals surface area (Å²) in [6.45, 7) is 1.76. The fourth-order valence-electron chi connectivity index (χ4n) is 3.28. The fourth-order valence-corrected chi connectivity index (χ4v) is 4.34. The normalized spacial score (nSPS) is 11.7. The van der Waals surface area contributed by atoms with Crippen molar-refractivity contribution in [1.82, 2.24) is 4.72 Å². The maximum atomic E-state index is 12.7. The number of benzene rings is 3. The number of esters is 1. The number of carbonyl (C=O) groups excluding carboxylic acids is 2. The molecule has 0 aromatic heterocycles. The second-order valence-electron chi connectivity index (χ2n) is 7.84. The molecule has 0 bridgehead atoms. The van der Waals surface area contributed by atoms with Crippen molar-refractivity contribution in [1.29, 1.82) is 0 Å². The van der Waals surface area contributed by atoms with E-state index in [4.69, 9.17) is 0 Å². The van der Waals surface area contributed by atoms with Gasteiger partial charge < -0.3 is 10.1 Å². The van der Waals surface area contributed by atoms with Crippen LogP contribution >= 0.6 is 0 Å². The summed E-state index contributed by atoms with van der Waals surface area (Å²) in [5.74, 6) is -1.19. The molecule has 11 heteroatoms. The van der Waals surface area contributed by atoms with Crippen molar-refractivity contribution in [2.45, 2.75) is 24.4 Å². The van der Waals surface area contributed by atoms with Crippen LogP contribution in [0.4, 0.5) is 18.9 Å². The van der Waals surface area contributed by atoms with E-state index in [0.29, 0.717) is 17.7 Å². The lowest BCUT2D eigenvalue weighted by molar-refractivity contribution is -0.137. The molecule has 3 aromatic carbocycles. The van der Waals surface area contributed by atoms with Crippen LogP contribution in [-0.4, -0.2) is 33.9 Å². The van der Waals surface area contributed by atoms with Gasteiger partial charge in [0.2, 0.25) is 10.0 Å². The summed E-state index contributed by atoms with van der Waals surface area (Å²) < 4.78 is 70.4. The molecule has 0 saturated carbocycles. The molecule has 190 valence electrons. The van der Waals surface area contributed by atoms with Gasteiger partial charge in [0.15, 0.2) is 0 Å². The molecular weight excluding hydrogens is 497 g/mol. The molecule has 0 aliphatic heterocycles. The first-order chi connectivity index (χ1) is 16.9. The van der Waals surface area contributed by atoms with Gasteiger partial charge in [-0.2, -0.15) is 13.2 Å². The van der Waals surface area contributed by atoms with Gasteiger partial charge in [-0.15, -0.1) is 0 Å². The van der Waals surface area contributed by atoms with Gasteiger partial charge >= 0.3 is 12.1 Å². The lowest BCUT2D eigenvalue weighted by Crippen LogP contribution is -2.26. The molecule has 1 amide bonds. The van der Waals surface area contributed by atoms with Crippen LogP contribution in [0, 0.1) is 6.92 Å². The van der Waals surface area contributed by atoms with Crippen LogP contribution in [0.25, 0.3) is 0 Å². The molecule has 0 atom stereocenters. The molecule has 0 heterocycles. The molecule has 36 heavy (non-hydrogen) atoms. The van der Waals surface area contributed by atoms with Crippen LogP contribution in [0.1, 0.15) is 37.4 Å². The van der Waals surface area contributed by atoms with E-state index in [9.17, 15) is 31.2 Å². The number of nitrogens with one attached hydrogen (secondary N) is 2. The van der Waals surface area contributed by atoms with E-state index in [1.54, 1.807) is 31.2 Å². The predicted octanol–water partition coefficient (Wildman–Crippen LogP) is 4.57. The number of halogens is 3.